The molecule has 1 aromatic carbocycles. The lowest BCUT2D eigenvalue weighted by Gasteiger charge is -2.32. The number of hydrogen-bond donors (Lipinski definition) is 1. The highest BCUT2D eigenvalue weighted by atomic mass is 16.2. The van der Waals surface area contributed by atoms with E-state index in [1.165, 1.54) is 0 Å². The van der Waals surface area contributed by atoms with Crippen LogP contribution in [-0.2, 0) is 0 Å². The number of para-hydroxylation sites is 1. The number of amides is 1. The summed E-state index contributed by atoms with van der Waals surface area (Å²) >= 11 is 0. The van der Waals surface area contributed by atoms with Crippen LogP contribution in [0, 0.1) is 0 Å². The Morgan fingerprint density at radius 2 is 1.88 bits per heavy atom. The fourth-order valence-corrected chi connectivity index (χ4v) is 3.26. The maximum Gasteiger partial charge on any atom is 0.272 e. The summed E-state index contributed by atoms with van der Waals surface area (Å²) in [5.41, 5.74) is 2.42. The lowest BCUT2D eigenvalue weighted by atomic mass is 10.0. The SMILES string of the molecule is O=C(c1ccc2ccccc2n1)N1CCC(Nc2cccnc2)CC1. The molecule has 1 N–H and O–H groups in total. The van der Waals surface area contributed by atoms with Crippen molar-refractivity contribution in [2.24, 2.45) is 0 Å². The number of aromatic nitrogens is 2. The summed E-state index contributed by atoms with van der Waals surface area (Å²) in [4.78, 5) is 23.3. The van der Waals surface area contributed by atoms with Crippen LogP contribution in [0.5, 0.6) is 0 Å². The van der Waals surface area contributed by atoms with E-state index < -0.39 is 0 Å². The monoisotopic (exact) mass is 332 g/mol. The number of anilines is 1. The number of hydrogen-bond acceptors (Lipinski definition) is 4. The van der Waals surface area contributed by atoms with Crippen LogP contribution in [-0.4, -0.2) is 39.9 Å². The molecule has 3 aromatic rings. The number of carbonyl (C=O) groups is 1. The van der Waals surface area contributed by atoms with E-state index in [4.69, 9.17) is 0 Å². The first-order valence-corrected chi connectivity index (χ1v) is 8.61. The highest BCUT2D eigenvalue weighted by Crippen LogP contribution is 2.18. The molecule has 126 valence electrons. The van der Waals surface area contributed by atoms with Crippen molar-refractivity contribution in [2.45, 2.75) is 18.9 Å². The van der Waals surface area contributed by atoms with Crippen LogP contribution < -0.4 is 5.32 Å². The molecular formula is C20H20N4O. The molecule has 0 spiro atoms. The molecule has 0 aliphatic carbocycles. The molecule has 5 heteroatoms. The zero-order valence-electron chi connectivity index (χ0n) is 13.9. The fourth-order valence-electron chi connectivity index (χ4n) is 3.26. The van der Waals surface area contributed by atoms with Crippen molar-refractivity contribution >= 4 is 22.5 Å². The largest absolute Gasteiger partial charge is 0.381 e. The van der Waals surface area contributed by atoms with Crippen molar-refractivity contribution in [3.05, 3.63) is 66.6 Å². The normalized spacial score (nSPS) is 15.3. The van der Waals surface area contributed by atoms with E-state index in [-0.39, 0.29) is 5.91 Å². The Labute approximate surface area is 146 Å². The van der Waals surface area contributed by atoms with Crippen molar-refractivity contribution in [1.82, 2.24) is 14.9 Å². The molecule has 0 bridgehead atoms. The van der Waals surface area contributed by atoms with Gasteiger partial charge >= 0.3 is 0 Å². The third-order valence-corrected chi connectivity index (χ3v) is 4.63. The standard InChI is InChI=1S/C20H20N4O/c25-20(19-8-7-15-4-1-2-6-18(15)23-19)24-12-9-16(10-13-24)22-17-5-3-11-21-14-17/h1-8,11,14,16,22H,9-10,12-13H2. The molecule has 0 radical (unpaired) electrons. The van der Waals surface area contributed by atoms with Crippen molar-refractivity contribution in [1.29, 1.82) is 0 Å². The van der Waals surface area contributed by atoms with Crippen LogP contribution in [0.25, 0.3) is 10.9 Å². The molecule has 2 aromatic heterocycles. The van der Waals surface area contributed by atoms with E-state index in [0.717, 1.165) is 42.5 Å². The quantitative estimate of drug-likeness (QED) is 0.799. The van der Waals surface area contributed by atoms with E-state index in [1.54, 1.807) is 6.20 Å². The average Bonchev–Trinajstić information content (AvgIpc) is 2.68. The number of nitrogens with zero attached hydrogens (tertiary/aromatic N) is 3. The molecule has 0 unspecified atom stereocenters. The Bertz CT molecular complexity index is 873. The van der Waals surface area contributed by atoms with Gasteiger partial charge in [-0.05, 0) is 37.1 Å². The van der Waals surface area contributed by atoms with Gasteiger partial charge in [0.1, 0.15) is 5.69 Å². The maximum atomic E-state index is 12.7. The summed E-state index contributed by atoms with van der Waals surface area (Å²) < 4.78 is 0. The molecule has 4 rings (SSSR count). The predicted octanol–water partition coefficient (Wildman–Crippen LogP) is 3.35. The van der Waals surface area contributed by atoms with Gasteiger partial charge in [0.15, 0.2) is 0 Å². The third-order valence-electron chi connectivity index (χ3n) is 4.63. The molecule has 3 heterocycles. The number of pyridine rings is 2. The molecule has 1 fully saturated rings. The number of piperidine rings is 1. The van der Waals surface area contributed by atoms with Gasteiger partial charge in [-0.3, -0.25) is 9.78 Å². The molecule has 1 aliphatic rings. The second-order valence-corrected chi connectivity index (χ2v) is 6.34. The van der Waals surface area contributed by atoms with Gasteiger partial charge in [0.25, 0.3) is 5.91 Å². The van der Waals surface area contributed by atoms with E-state index in [2.05, 4.69) is 15.3 Å². The minimum atomic E-state index is 0.0191. The van der Waals surface area contributed by atoms with Crippen LogP contribution in [0.4, 0.5) is 5.69 Å². The van der Waals surface area contributed by atoms with Crippen LogP contribution in [0.1, 0.15) is 23.3 Å². The molecule has 1 amide bonds. The molecule has 5 nitrogen and oxygen atoms in total. The van der Waals surface area contributed by atoms with E-state index in [0.29, 0.717) is 11.7 Å². The molecule has 0 saturated carbocycles. The van der Waals surface area contributed by atoms with Crippen LogP contribution in [0.2, 0.25) is 0 Å². The van der Waals surface area contributed by atoms with Crippen LogP contribution >= 0.6 is 0 Å². The number of fused-ring (bicyclic) bond motifs is 1. The predicted molar refractivity (Wildman–Crippen MR) is 98.5 cm³/mol. The Kier molecular flexibility index (Phi) is 4.29. The molecular weight excluding hydrogens is 312 g/mol. The number of nitrogens with one attached hydrogen (secondary N) is 1. The zero-order valence-corrected chi connectivity index (χ0v) is 13.9. The first kappa shape index (κ1) is 15.6. The Morgan fingerprint density at radius 1 is 1.04 bits per heavy atom. The topological polar surface area (TPSA) is 58.1 Å². The Balaban J connectivity index is 1.40. The first-order chi connectivity index (χ1) is 12.3. The maximum absolute atomic E-state index is 12.7. The zero-order chi connectivity index (χ0) is 17.1. The first-order valence-electron chi connectivity index (χ1n) is 8.61. The highest BCUT2D eigenvalue weighted by Gasteiger charge is 2.24. The number of likely N-dealkylation sites (tertiary alicyclic amines) is 1. The number of benzene rings is 1. The molecule has 1 saturated heterocycles. The second kappa shape index (κ2) is 6.89. The average molecular weight is 332 g/mol. The molecule has 25 heavy (non-hydrogen) atoms. The van der Waals surface area contributed by atoms with E-state index in [9.17, 15) is 4.79 Å². The minimum Gasteiger partial charge on any atom is -0.381 e. The summed E-state index contributed by atoms with van der Waals surface area (Å²) in [7, 11) is 0. The van der Waals surface area contributed by atoms with Gasteiger partial charge in [0, 0.05) is 36.9 Å². The highest BCUT2D eigenvalue weighted by molar-refractivity contribution is 5.95. The number of rotatable bonds is 3. The van der Waals surface area contributed by atoms with Gasteiger partial charge in [-0.25, -0.2) is 4.98 Å². The van der Waals surface area contributed by atoms with Crippen molar-refractivity contribution < 1.29 is 4.79 Å². The van der Waals surface area contributed by atoms with Gasteiger partial charge in [-0.1, -0.05) is 24.3 Å². The number of carbonyl (C=O) groups excluding carboxylic acids is 1. The summed E-state index contributed by atoms with van der Waals surface area (Å²) in [6.45, 7) is 1.48. The summed E-state index contributed by atoms with van der Waals surface area (Å²) in [5.74, 6) is 0.0191. The van der Waals surface area contributed by atoms with Gasteiger partial charge in [-0.2, -0.15) is 0 Å². The third kappa shape index (κ3) is 3.45. The Morgan fingerprint density at radius 3 is 2.68 bits per heavy atom. The summed E-state index contributed by atoms with van der Waals surface area (Å²) in [5, 5.41) is 4.54. The van der Waals surface area contributed by atoms with Crippen molar-refractivity contribution in [3.63, 3.8) is 0 Å². The van der Waals surface area contributed by atoms with Gasteiger partial charge in [0.05, 0.1) is 11.2 Å². The fraction of sp³-hybridized carbons (Fsp3) is 0.250. The van der Waals surface area contributed by atoms with Gasteiger partial charge in [0.2, 0.25) is 0 Å². The van der Waals surface area contributed by atoms with E-state index >= 15 is 0 Å². The molecule has 0 atom stereocenters. The lowest BCUT2D eigenvalue weighted by Crippen LogP contribution is -2.42. The van der Waals surface area contributed by atoms with Gasteiger partial charge < -0.3 is 10.2 Å². The Hall–Kier alpha value is -2.95. The van der Waals surface area contributed by atoms with E-state index in [1.807, 2.05) is 59.6 Å². The van der Waals surface area contributed by atoms with Crippen molar-refractivity contribution in [3.8, 4) is 0 Å². The summed E-state index contributed by atoms with van der Waals surface area (Å²) in [6.07, 6.45) is 5.45. The van der Waals surface area contributed by atoms with Crippen LogP contribution in [0.15, 0.2) is 60.9 Å². The van der Waals surface area contributed by atoms with Gasteiger partial charge in [-0.15, -0.1) is 0 Å². The van der Waals surface area contributed by atoms with Crippen LogP contribution in [0.3, 0.4) is 0 Å². The van der Waals surface area contributed by atoms with Crippen molar-refractivity contribution in [2.75, 3.05) is 18.4 Å². The lowest BCUT2D eigenvalue weighted by molar-refractivity contribution is 0.0713. The molecule has 1 aliphatic heterocycles. The second-order valence-electron chi connectivity index (χ2n) is 6.34. The summed E-state index contributed by atoms with van der Waals surface area (Å²) in [6, 6.07) is 16.0. The minimum absolute atomic E-state index is 0.0191. The smallest absolute Gasteiger partial charge is 0.272 e.